The van der Waals surface area contributed by atoms with Gasteiger partial charge >= 0.3 is 0 Å². The van der Waals surface area contributed by atoms with Gasteiger partial charge in [-0.25, -0.2) is 14.1 Å². The molecule has 0 aliphatic heterocycles. The van der Waals surface area contributed by atoms with Crippen LogP contribution >= 0.6 is 0 Å². The molecule has 1 aromatic heterocycles. The van der Waals surface area contributed by atoms with Crippen LogP contribution in [-0.4, -0.2) is 21.3 Å². The zero-order valence-corrected chi connectivity index (χ0v) is 9.94. The number of aryl methyl sites for hydroxylation is 2. The van der Waals surface area contributed by atoms with E-state index in [-0.39, 0.29) is 5.82 Å². The predicted octanol–water partition coefficient (Wildman–Crippen LogP) is 1.52. The van der Waals surface area contributed by atoms with Crippen molar-refractivity contribution < 1.29 is 4.39 Å². The van der Waals surface area contributed by atoms with E-state index in [0.29, 0.717) is 24.5 Å². The molecule has 0 saturated carbocycles. The van der Waals surface area contributed by atoms with E-state index in [9.17, 15) is 4.39 Å². The summed E-state index contributed by atoms with van der Waals surface area (Å²) in [7, 11) is 0. The van der Waals surface area contributed by atoms with E-state index in [1.807, 2.05) is 19.9 Å². The molecule has 1 heterocycles. The van der Waals surface area contributed by atoms with E-state index < -0.39 is 0 Å². The van der Waals surface area contributed by atoms with Crippen LogP contribution < -0.4 is 5.73 Å². The summed E-state index contributed by atoms with van der Waals surface area (Å²) in [5.74, 6) is 1.14. The monoisotopic (exact) mass is 234 g/mol. The first kappa shape index (κ1) is 11.7. The minimum Gasteiger partial charge on any atom is -0.330 e. The second-order valence-electron chi connectivity index (χ2n) is 3.97. The van der Waals surface area contributed by atoms with Crippen LogP contribution in [0.15, 0.2) is 18.2 Å². The molecular formula is C12H15FN4. The fourth-order valence-electron chi connectivity index (χ4n) is 1.83. The first-order valence-electron chi connectivity index (χ1n) is 5.50. The van der Waals surface area contributed by atoms with Crippen LogP contribution in [0.25, 0.3) is 5.69 Å². The molecule has 0 fully saturated rings. The van der Waals surface area contributed by atoms with Crippen molar-refractivity contribution in [2.75, 3.05) is 6.54 Å². The van der Waals surface area contributed by atoms with Gasteiger partial charge < -0.3 is 5.73 Å². The van der Waals surface area contributed by atoms with E-state index in [0.717, 1.165) is 11.4 Å². The molecule has 5 heteroatoms. The molecule has 4 nitrogen and oxygen atoms in total. The van der Waals surface area contributed by atoms with Crippen molar-refractivity contribution in [3.05, 3.63) is 41.2 Å². The Bertz CT molecular complexity index is 533. The van der Waals surface area contributed by atoms with Crippen molar-refractivity contribution in [1.29, 1.82) is 0 Å². The number of nitrogens with two attached hydrogens (primary N) is 1. The molecule has 90 valence electrons. The number of hydrogen-bond acceptors (Lipinski definition) is 3. The summed E-state index contributed by atoms with van der Waals surface area (Å²) in [5, 5.41) is 4.23. The Morgan fingerprint density at radius 1 is 1.29 bits per heavy atom. The molecule has 0 aliphatic carbocycles. The molecule has 0 amide bonds. The van der Waals surface area contributed by atoms with Gasteiger partial charge in [0, 0.05) is 0 Å². The summed E-state index contributed by atoms with van der Waals surface area (Å²) < 4.78 is 15.1. The normalized spacial score (nSPS) is 10.8. The third kappa shape index (κ3) is 2.50. The van der Waals surface area contributed by atoms with Crippen LogP contribution in [0.2, 0.25) is 0 Å². The van der Waals surface area contributed by atoms with Crippen LogP contribution in [0.4, 0.5) is 4.39 Å². The van der Waals surface area contributed by atoms with Crippen molar-refractivity contribution >= 4 is 0 Å². The Labute approximate surface area is 99.3 Å². The van der Waals surface area contributed by atoms with Crippen LogP contribution in [0.1, 0.15) is 17.2 Å². The highest BCUT2D eigenvalue weighted by Gasteiger charge is 2.07. The smallest absolute Gasteiger partial charge is 0.148 e. The lowest BCUT2D eigenvalue weighted by Gasteiger charge is -2.06. The van der Waals surface area contributed by atoms with E-state index >= 15 is 0 Å². The third-order valence-corrected chi connectivity index (χ3v) is 2.49. The van der Waals surface area contributed by atoms with Gasteiger partial charge in [-0.3, -0.25) is 0 Å². The lowest BCUT2D eigenvalue weighted by atomic mass is 10.1. The fraction of sp³-hybridized carbons (Fsp3) is 0.333. The van der Waals surface area contributed by atoms with Crippen LogP contribution in [-0.2, 0) is 6.42 Å². The third-order valence-electron chi connectivity index (χ3n) is 2.49. The summed E-state index contributed by atoms with van der Waals surface area (Å²) in [6.45, 7) is 4.15. The number of halogens is 1. The molecule has 2 aromatic rings. The number of aromatic nitrogens is 3. The van der Waals surface area contributed by atoms with Gasteiger partial charge in [0.05, 0.1) is 5.69 Å². The van der Waals surface area contributed by atoms with Gasteiger partial charge in [-0.05, 0) is 50.6 Å². The van der Waals surface area contributed by atoms with Gasteiger partial charge in [-0.15, -0.1) is 0 Å². The molecule has 0 atom stereocenters. The zero-order valence-electron chi connectivity index (χ0n) is 9.94. The van der Waals surface area contributed by atoms with E-state index in [1.165, 1.54) is 12.1 Å². The van der Waals surface area contributed by atoms with Gasteiger partial charge in [0.2, 0.25) is 0 Å². The van der Waals surface area contributed by atoms with Gasteiger partial charge in [-0.1, -0.05) is 0 Å². The standard InChI is InChI=1S/C12H15FN4/c1-8-15-9(2)17(16-8)12-6-10(3-4-14)5-11(13)7-12/h5-7H,3-4,14H2,1-2H3. The quantitative estimate of drug-likeness (QED) is 0.876. The molecule has 17 heavy (non-hydrogen) atoms. The molecule has 0 spiro atoms. The SMILES string of the molecule is Cc1nc(C)n(-c2cc(F)cc(CCN)c2)n1. The van der Waals surface area contributed by atoms with Crippen molar-refractivity contribution in [3.8, 4) is 5.69 Å². The first-order valence-corrected chi connectivity index (χ1v) is 5.50. The Morgan fingerprint density at radius 3 is 2.65 bits per heavy atom. The summed E-state index contributed by atoms with van der Waals surface area (Å²) in [6, 6.07) is 4.83. The minimum absolute atomic E-state index is 0.279. The maximum atomic E-state index is 13.5. The van der Waals surface area contributed by atoms with Crippen molar-refractivity contribution in [3.63, 3.8) is 0 Å². The van der Waals surface area contributed by atoms with Crippen LogP contribution in [0.3, 0.4) is 0 Å². The predicted molar refractivity (Wildman–Crippen MR) is 63.5 cm³/mol. The van der Waals surface area contributed by atoms with Crippen molar-refractivity contribution in [2.24, 2.45) is 5.73 Å². The van der Waals surface area contributed by atoms with Gasteiger partial charge in [-0.2, -0.15) is 5.10 Å². The van der Waals surface area contributed by atoms with E-state index in [2.05, 4.69) is 10.1 Å². The zero-order chi connectivity index (χ0) is 12.4. The highest BCUT2D eigenvalue weighted by atomic mass is 19.1. The van der Waals surface area contributed by atoms with E-state index in [4.69, 9.17) is 5.73 Å². The topological polar surface area (TPSA) is 56.7 Å². The first-order chi connectivity index (χ1) is 8.10. The maximum absolute atomic E-state index is 13.5. The lowest BCUT2D eigenvalue weighted by molar-refractivity contribution is 0.622. The second kappa shape index (κ2) is 4.63. The number of nitrogens with zero attached hydrogens (tertiary/aromatic N) is 3. The number of rotatable bonds is 3. The van der Waals surface area contributed by atoms with Crippen LogP contribution in [0, 0.1) is 19.7 Å². The Balaban J connectivity index is 2.48. The molecule has 0 bridgehead atoms. The molecule has 0 aliphatic rings. The largest absolute Gasteiger partial charge is 0.330 e. The van der Waals surface area contributed by atoms with Crippen molar-refractivity contribution in [2.45, 2.75) is 20.3 Å². The number of benzene rings is 1. The Morgan fingerprint density at radius 2 is 2.06 bits per heavy atom. The molecule has 0 radical (unpaired) electrons. The molecule has 0 saturated heterocycles. The maximum Gasteiger partial charge on any atom is 0.148 e. The average Bonchev–Trinajstić information content (AvgIpc) is 2.57. The molecular weight excluding hydrogens is 219 g/mol. The highest BCUT2D eigenvalue weighted by Crippen LogP contribution is 2.15. The van der Waals surface area contributed by atoms with Gasteiger partial charge in [0.25, 0.3) is 0 Å². The molecule has 2 N–H and O–H groups in total. The lowest BCUT2D eigenvalue weighted by Crippen LogP contribution is -2.05. The molecule has 1 aromatic carbocycles. The van der Waals surface area contributed by atoms with Crippen molar-refractivity contribution in [1.82, 2.24) is 14.8 Å². The average molecular weight is 234 g/mol. The second-order valence-corrected chi connectivity index (χ2v) is 3.97. The molecule has 2 rings (SSSR count). The fourth-order valence-corrected chi connectivity index (χ4v) is 1.83. The Kier molecular flexibility index (Phi) is 3.19. The highest BCUT2D eigenvalue weighted by molar-refractivity contribution is 5.36. The van der Waals surface area contributed by atoms with Gasteiger partial charge in [0.1, 0.15) is 17.5 Å². The summed E-state index contributed by atoms with van der Waals surface area (Å²) in [6.07, 6.45) is 0.650. The summed E-state index contributed by atoms with van der Waals surface area (Å²) in [5.41, 5.74) is 7.03. The van der Waals surface area contributed by atoms with Crippen LogP contribution in [0.5, 0.6) is 0 Å². The van der Waals surface area contributed by atoms with Gasteiger partial charge in [0.15, 0.2) is 0 Å². The Hall–Kier alpha value is -1.75. The van der Waals surface area contributed by atoms with E-state index in [1.54, 1.807) is 4.68 Å². The summed E-state index contributed by atoms with van der Waals surface area (Å²) >= 11 is 0. The minimum atomic E-state index is -0.279. The molecule has 0 unspecified atom stereocenters. The summed E-state index contributed by atoms with van der Waals surface area (Å²) in [4.78, 5) is 4.20. The number of hydrogen-bond donors (Lipinski definition) is 1.